The second kappa shape index (κ2) is 15.3. The average Bonchev–Trinajstić information content (AvgIpc) is 2.25. The van der Waals surface area contributed by atoms with Crippen LogP contribution in [0.4, 0.5) is 0 Å². The fourth-order valence-corrected chi connectivity index (χ4v) is 0.798. The number of ketones is 2. The van der Waals surface area contributed by atoms with E-state index in [1.165, 1.54) is 13.8 Å². The Labute approximate surface area is 139 Å². The van der Waals surface area contributed by atoms with Crippen LogP contribution in [-0.2, 0) is 55.4 Å². The number of hydrogen-bond acceptors (Lipinski definition) is 7. The molecule has 0 rings (SSSR count). The predicted molar refractivity (Wildman–Crippen MR) is 69.5 cm³/mol. The second-order valence-corrected chi connectivity index (χ2v) is 4.16. The molecule has 0 heterocycles. The molecule has 0 fully saturated rings. The number of Topliss-reactive ketones (excluding diaryl/α,β-unsaturated/α-hetero) is 2. The Morgan fingerprint density at radius 2 is 1.33 bits per heavy atom. The van der Waals surface area contributed by atoms with Crippen LogP contribution < -0.4 is 0 Å². The largest absolute Gasteiger partial charge is 0.466 e. The number of esters is 1. The molecule has 0 aromatic heterocycles. The zero-order valence-electron chi connectivity index (χ0n) is 13.1. The molecule has 0 spiro atoms. The number of rotatable bonds is 7. The molecule has 0 aliphatic heterocycles. The minimum atomic E-state index is -0.647. The van der Waals surface area contributed by atoms with Crippen LogP contribution in [0.25, 0.3) is 0 Å². The van der Waals surface area contributed by atoms with Crippen molar-refractivity contribution >= 4 is 23.5 Å². The average molecular weight is 338 g/mol. The van der Waals surface area contributed by atoms with Crippen LogP contribution in [0.3, 0.4) is 0 Å². The van der Waals surface area contributed by atoms with Crippen molar-refractivity contribution in [2.45, 2.75) is 53.6 Å². The fraction of sp³-hybridized carbons (Fsp3) is 0.692. The molecular formula is C13H22O7Ti. The van der Waals surface area contributed by atoms with Gasteiger partial charge in [0.1, 0.15) is 24.4 Å². The van der Waals surface area contributed by atoms with Crippen LogP contribution in [0, 0.1) is 0 Å². The van der Waals surface area contributed by atoms with E-state index in [0.717, 1.165) is 0 Å². The summed E-state index contributed by atoms with van der Waals surface area (Å²) in [6.07, 6.45) is -0.508. The maximum atomic E-state index is 10.6. The first-order valence-corrected chi connectivity index (χ1v) is 6.19. The summed E-state index contributed by atoms with van der Waals surface area (Å²) in [6.45, 7) is 8.17. The zero-order chi connectivity index (χ0) is 16.1. The van der Waals surface area contributed by atoms with Gasteiger partial charge >= 0.3 is 11.9 Å². The van der Waals surface area contributed by atoms with Gasteiger partial charge in [-0.2, -0.15) is 4.89 Å². The Kier molecular flexibility index (Phi) is 18.2. The molecule has 0 aliphatic carbocycles. The van der Waals surface area contributed by atoms with Crippen molar-refractivity contribution in [1.29, 1.82) is 0 Å². The minimum absolute atomic E-state index is 0. The Balaban J connectivity index is -0.000000300. The van der Waals surface area contributed by atoms with Crippen molar-refractivity contribution in [2.24, 2.45) is 0 Å². The van der Waals surface area contributed by atoms with Crippen LogP contribution in [0.2, 0.25) is 0 Å². The van der Waals surface area contributed by atoms with Crippen LogP contribution in [0.5, 0.6) is 0 Å². The van der Waals surface area contributed by atoms with Crippen molar-refractivity contribution in [3.05, 3.63) is 0 Å². The second-order valence-electron chi connectivity index (χ2n) is 4.16. The van der Waals surface area contributed by atoms with E-state index in [1.807, 2.05) is 0 Å². The van der Waals surface area contributed by atoms with Gasteiger partial charge in [-0.3, -0.25) is 19.3 Å². The van der Waals surface area contributed by atoms with Gasteiger partial charge in [0, 0.05) is 21.7 Å². The Morgan fingerprint density at radius 3 is 1.67 bits per heavy atom. The molecule has 120 valence electrons. The summed E-state index contributed by atoms with van der Waals surface area (Å²) in [4.78, 5) is 50.3. The van der Waals surface area contributed by atoms with E-state index in [1.54, 1.807) is 20.8 Å². The molecule has 0 unspecified atom stereocenters. The van der Waals surface area contributed by atoms with Crippen LogP contribution in [0.15, 0.2) is 0 Å². The zero-order valence-corrected chi connectivity index (χ0v) is 14.6. The number of carbonyl (C=O) groups is 4. The summed E-state index contributed by atoms with van der Waals surface area (Å²) in [7, 11) is 0. The van der Waals surface area contributed by atoms with Gasteiger partial charge in [0.05, 0.1) is 12.7 Å². The molecule has 0 amide bonds. The van der Waals surface area contributed by atoms with Crippen LogP contribution in [0.1, 0.15) is 47.5 Å². The molecule has 0 N–H and O–H groups in total. The summed E-state index contributed by atoms with van der Waals surface area (Å²) >= 11 is 0. The van der Waals surface area contributed by atoms with Crippen molar-refractivity contribution in [1.82, 2.24) is 0 Å². The van der Waals surface area contributed by atoms with E-state index >= 15 is 0 Å². The van der Waals surface area contributed by atoms with Crippen LogP contribution in [-0.4, -0.2) is 36.2 Å². The third kappa shape index (κ3) is 24.4. The molecular weight excluding hydrogens is 316 g/mol. The topological polar surface area (TPSA) is 96.0 Å². The molecule has 0 saturated heterocycles. The molecule has 0 bridgehead atoms. The summed E-state index contributed by atoms with van der Waals surface area (Å²) in [5.74, 6) is -1.48. The maximum Gasteiger partial charge on any atom is 0.349 e. The Hall–Kier alpha value is -1.05. The van der Waals surface area contributed by atoms with E-state index in [0.29, 0.717) is 6.61 Å². The number of ether oxygens (including phenoxy) is 1. The maximum absolute atomic E-state index is 10.6. The molecule has 7 nitrogen and oxygen atoms in total. The molecule has 0 saturated carbocycles. The first kappa shape index (κ1) is 24.9. The van der Waals surface area contributed by atoms with E-state index in [2.05, 4.69) is 14.5 Å². The quantitative estimate of drug-likeness (QED) is 0.227. The van der Waals surface area contributed by atoms with Crippen LogP contribution >= 0.6 is 0 Å². The monoisotopic (exact) mass is 338 g/mol. The Bertz CT molecular complexity index is 339. The van der Waals surface area contributed by atoms with Gasteiger partial charge in [-0.15, -0.1) is 0 Å². The van der Waals surface area contributed by atoms with Gasteiger partial charge in [-0.25, -0.2) is 4.79 Å². The summed E-state index contributed by atoms with van der Waals surface area (Å²) in [5.41, 5.74) is 0. The van der Waals surface area contributed by atoms with E-state index < -0.39 is 11.9 Å². The molecule has 0 aromatic carbocycles. The van der Waals surface area contributed by atoms with Gasteiger partial charge < -0.3 is 4.74 Å². The van der Waals surface area contributed by atoms with Crippen molar-refractivity contribution in [2.75, 3.05) is 6.61 Å². The first-order valence-electron chi connectivity index (χ1n) is 6.19. The van der Waals surface area contributed by atoms with Gasteiger partial charge in [-0.1, -0.05) is 0 Å². The molecule has 21 heavy (non-hydrogen) atoms. The van der Waals surface area contributed by atoms with Gasteiger partial charge in [0.2, 0.25) is 0 Å². The Morgan fingerprint density at radius 1 is 0.905 bits per heavy atom. The summed E-state index contributed by atoms with van der Waals surface area (Å²) in [6, 6.07) is 0. The summed E-state index contributed by atoms with van der Waals surface area (Å²) < 4.78 is 4.49. The number of hydrogen-bond donors (Lipinski definition) is 0. The third-order valence-corrected chi connectivity index (χ3v) is 1.43. The van der Waals surface area contributed by atoms with Crippen molar-refractivity contribution in [3.63, 3.8) is 0 Å². The van der Waals surface area contributed by atoms with Crippen molar-refractivity contribution in [3.8, 4) is 0 Å². The molecule has 0 atom stereocenters. The fourth-order valence-electron chi connectivity index (χ4n) is 0.798. The van der Waals surface area contributed by atoms with Gasteiger partial charge in [0.25, 0.3) is 0 Å². The smallest absolute Gasteiger partial charge is 0.349 e. The number of carbonyl (C=O) groups excluding carboxylic acids is 4. The van der Waals surface area contributed by atoms with Gasteiger partial charge in [-0.05, 0) is 34.6 Å². The van der Waals surface area contributed by atoms with E-state index in [4.69, 9.17) is 0 Å². The normalized spacial score (nSPS) is 8.86. The summed E-state index contributed by atoms with van der Waals surface area (Å²) in [5, 5.41) is 0. The third-order valence-electron chi connectivity index (χ3n) is 1.43. The molecule has 8 heteroatoms. The van der Waals surface area contributed by atoms with Crippen molar-refractivity contribution < 1.29 is 55.4 Å². The predicted octanol–water partition coefficient (Wildman–Crippen LogP) is 1.37. The molecule has 0 aliphatic rings. The van der Waals surface area contributed by atoms with E-state index in [-0.39, 0.29) is 52.2 Å². The molecule has 0 aromatic rings. The molecule has 0 radical (unpaired) electrons. The van der Waals surface area contributed by atoms with Gasteiger partial charge in [0.15, 0.2) is 0 Å². The minimum Gasteiger partial charge on any atom is -0.466 e. The van der Waals surface area contributed by atoms with E-state index in [9.17, 15) is 19.2 Å². The first-order chi connectivity index (χ1) is 9.18. The standard InChI is InChI=1S/C7H12O4.C6H10O3.Ti/c1-5(2)10-11-7(9)4-6(3)8;1-3-9-6(8)4-5(2)7;/h5H,4H2,1-3H3;3-4H2,1-2H3;. The SMILES string of the molecule is CC(=O)CC(=O)OOC(C)C.CCOC(=O)CC(C)=O.[Ti].